The number of rotatable bonds is 5. The van der Waals surface area contributed by atoms with Gasteiger partial charge in [0, 0.05) is 44.1 Å². The van der Waals surface area contributed by atoms with Gasteiger partial charge < -0.3 is 19.4 Å². The number of hydrogen-bond donors (Lipinski definition) is 1. The lowest BCUT2D eigenvalue weighted by Gasteiger charge is -2.29. The third kappa shape index (κ3) is 5.53. The van der Waals surface area contributed by atoms with E-state index in [1.807, 2.05) is 33.3 Å². The van der Waals surface area contributed by atoms with E-state index in [2.05, 4.69) is 21.8 Å². The summed E-state index contributed by atoms with van der Waals surface area (Å²) in [5, 5.41) is 2.80. The monoisotopic (exact) mass is 323 g/mol. The first-order valence-corrected chi connectivity index (χ1v) is 8.42. The lowest BCUT2D eigenvalue weighted by Crippen LogP contribution is -2.34. The van der Waals surface area contributed by atoms with E-state index in [1.165, 1.54) is 0 Å². The van der Waals surface area contributed by atoms with Crippen LogP contribution in [0.25, 0.3) is 0 Å². The van der Waals surface area contributed by atoms with E-state index in [0.717, 1.165) is 38.2 Å². The number of nitrogens with zero attached hydrogens (tertiary/aromatic N) is 2. The molecule has 130 valence electrons. The van der Waals surface area contributed by atoms with Crippen LogP contribution in [0.3, 0.4) is 0 Å². The van der Waals surface area contributed by atoms with Gasteiger partial charge in [-0.05, 0) is 46.5 Å². The van der Waals surface area contributed by atoms with Crippen LogP contribution < -0.4 is 5.32 Å². The van der Waals surface area contributed by atoms with E-state index in [-0.39, 0.29) is 6.09 Å². The molecule has 0 aliphatic carbocycles. The molecule has 1 aliphatic rings. The summed E-state index contributed by atoms with van der Waals surface area (Å²) in [5.74, 6) is 0.621. The van der Waals surface area contributed by atoms with Crippen LogP contribution >= 0.6 is 0 Å². The van der Waals surface area contributed by atoms with E-state index in [1.54, 1.807) is 0 Å². The van der Waals surface area contributed by atoms with E-state index in [4.69, 9.17) is 9.47 Å². The van der Waals surface area contributed by atoms with E-state index in [9.17, 15) is 4.79 Å². The minimum absolute atomic E-state index is 0.374. The zero-order chi connectivity index (χ0) is 16.9. The molecule has 1 aromatic rings. The van der Waals surface area contributed by atoms with Crippen molar-refractivity contribution in [3.05, 3.63) is 18.2 Å². The van der Waals surface area contributed by atoms with Crippen molar-refractivity contribution in [2.75, 3.05) is 19.8 Å². The molecule has 6 heteroatoms. The predicted molar refractivity (Wildman–Crippen MR) is 88.4 cm³/mol. The summed E-state index contributed by atoms with van der Waals surface area (Å²) in [6, 6.07) is 0.401. The van der Waals surface area contributed by atoms with Crippen LogP contribution in [0.1, 0.15) is 52.3 Å². The standard InChI is InChI=1S/C17H29N3O3/c1-13(14-6-9-22-10-7-14)20-12-18-11-15(20)5-8-19-16(21)23-17(2,3)4/h11-14H,5-10H2,1-4H3,(H,19,21). The summed E-state index contributed by atoms with van der Waals surface area (Å²) in [5.41, 5.74) is 0.670. The molecule has 1 aromatic heterocycles. The largest absolute Gasteiger partial charge is 0.444 e. The second-order valence-corrected chi connectivity index (χ2v) is 7.16. The Balaban J connectivity index is 1.85. The van der Waals surface area contributed by atoms with Crippen molar-refractivity contribution in [2.24, 2.45) is 5.92 Å². The Hall–Kier alpha value is -1.56. The highest BCUT2D eigenvalue weighted by molar-refractivity contribution is 5.67. The Morgan fingerprint density at radius 1 is 1.48 bits per heavy atom. The Morgan fingerprint density at radius 3 is 2.83 bits per heavy atom. The van der Waals surface area contributed by atoms with Crippen molar-refractivity contribution >= 4 is 6.09 Å². The molecule has 0 radical (unpaired) electrons. The number of imidazole rings is 1. The van der Waals surface area contributed by atoms with Gasteiger partial charge in [-0.2, -0.15) is 0 Å². The number of nitrogens with one attached hydrogen (secondary N) is 1. The Labute approximate surface area is 138 Å². The first kappa shape index (κ1) is 17.8. The summed E-state index contributed by atoms with van der Waals surface area (Å²) in [7, 11) is 0. The number of hydrogen-bond acceptors (Lipinski definition) is 4. The van der Waals surface area contributed by atoms with Gasteiger partial charge in [0.15, 0.2) is 0 Å². The number of carbonyl (C=O) groups excluding carboxylic acids is 1. The van der Waals surface area contributed by atoms with Crippen molar-refractivity contribution in [2.45, 2.75) is 58.6 Å². The van der Waals surface area contributed by atoms with Gasteiger partial charge in [-0.15, -0.1) is 0 Å². The molecule has 6 nitrogen and oxygen atoms in total. The Bertz CT molecular complexity index is 501. The topological polar surface area (TPSA) is 65.4 Å². The normalized spacial score (nSPS) is 17.7. The second-order valence-electron chi connectivity index (χ2n) is 7.16. The first-order chi connectivity index (χ1) is 10.9. The maximum atomic E-state index is 11.7. The fourth-order valence-electron chi connectivity index (χ4n) is 2.92. The SMILES string of the molecule is CC(C1CCOCC1)n1cncc1CCNC(=O)OC(C)(C)C. The fourth-order valence-corrected chi connectivity index (χ4v) is 2.92. The molecule has 1 N–H and O–H groups in total. The zero-order valence-corrected chi connectivity index (χ0v) is 14.7. The van der Waals surface area contributed by atoms with Crippen molar-refractivity contribution in [1.82, 2.24) is 14.9 Å². The molecule has 2 rings (SSSR count). The quantitative estimate of drug-likeness (QED) is 0.905. The highest BCUT2D eigenvalue weighted by Crippen LogP contribution is 2.28. The molecular formula is C17H29N3O3. The Morgan fingerprint density at radius 2 is 2.17 bits per heavy atom. The molecule has 0 spiro atoms. The molecular weight excluding hydrogens is 294 g/mol. The van der Waals surface area contributed by atoms with Gasteiger partial charge in [-0.3, -0.25) is 0 Å². The number of alkyl carbamates (subject to hydrolysis) is 1. The predicted octanol–water partition coefficient (Wildman–Crippen LogP) is 2.94. The van der Waals surface area contributed by atoms with Gasteiger partial charge in [0.05, 0.1) is 6.33 Å². The lowest BCUT2D eigenvalue weighted by molar-refractivity contribution is 0.0505. The average molecular weight is 323 g/mol. The van der Waals surface area contributed by atoms with Crippen LogP contribution in [0.15, 0.2) is 12.5 Å². The molecule has 0 bridgehead atoms. The van der Waals surface area contributed by atoms with Crippen molar-refractivity contribution in [3.63, 3.8) is 0 Å². The maximum absolute atomic E-state index is 11.7. The van der Waals surface area contributed by atoms with Gasteiger partial charge in [0.2, 0.25) is 0 Å². The average Bonchev–Trinajstić information content (AvgIpc) is 2.94. The number of amides is 1. The van der Waals surface area contributed by atoms with Crippen molar-refractivity contribution in [1.29, 1.82) is 0 Å². The number of aromatic nitrogens is 2. The molecule has 2 heterocycles. The van der Waals surface area contributed by atoms with E-state index in [0.29, 0.717) is 18.5 Å². The summed E-state index contributed by atoms with van der Waals surface area (Å²) in [6.07, 6.45) is 6.33. The molecule has 1 unspecified atom stereocenters. The summed E-state index contributed by atoms with van der Waals surface area (Å²) >= 11 is 0. The highest BCUT2D eigenvalue weighted by atomic mass is 16.6. The molecule has 1 fully saturated rings. The zero-order valence-electron chi connectivity index (χ0n) is 14.7. The molecule has 1 saturated heterocycles. The van der Waals surface area contributed by atoms with Gasteiger partial charge in [0.1, 0.15) is 5.60 Å². The minimum Gasteiger partial charge on any atom is -0.444 e. The van der Waals surface area contributed by atoms with Gasteiger partial charge in [-0.1, -0.05) is 0 Å². The third-order valence-corrected chi connectivity index (χ3v) is 4.18. The minimum atomic E-state index is -0.469. The summed E-state index contributed by atoms with van der Waals surface area (Å²) < 4.78 is 12.9. The van der Waals surface area contributed by atoms with Crippen molar-refractivity contribution in [3.8, 4) is 0 Å². The van der Waals surface area contributed by atoms with Crippen LogP contribution in [0.4, 0.5) is 4.79 Å². The number of ether oxygens (including phenoxy) is 2. The van der Waals surface area contributed by atoms with E-state index < -0.39 is 5.60 Å². The second kappa shape index (κ2) is 7.81. The smallest absolute Gasteiger partial charge is 0.407 e. The third-order valence-electron chi connectivity index (χ3n) is 4.18. The summed E-state index contributed by atoms with van der Waals surface area (Å²) in [6.45, 7) is 10.0. The molecule has 1 amide bonds. The maximum Gasteiger partial charge on any atom is 0.407 e. The van der Waals surface area contributed by atoms with Gasteiger partial charge >= 0.3 is 6.09 Å². The van der Waals surface area contributed by atoms with Gasteiger partial charge in [-0.25, -0.2) is 9.78 Å². The molecule has 0 saturated carbocycles. The van der Waals surface area contributed by atoms with Crippen LogP contribution in [0.5, 0.6) is 0 Å². The van der Waals surface area contributed by atoms with Crippen LogP contribution in [-0.4, -0.2) is 41.0 Å². The molecule has 23 heavy (non-hydrogen) atoms. The van der Waals surface area contributed by atoms with Crippen LogP contribution in [0, 0.1) is 5.92 Å². The van der Waals surface area contributed by atoms with E-state index >= 15 is 0 Å². The van der Waals surface area contributed by atoms with Crippen molar-refractivity contribution < 1.29 is 14.3 Å². The highest BCUT2D eigenvalue weighted by Gasteiger charge is 2.23. The number of carbonyl (C=O) groups is 1. The first-order valence-electron chi connectivity index (χ1n) is 8.42. The Kier molecular flexibility index (Phi) is 6.04. The molecule has 1 aliphatic heterocycles. The molecule has 1 atom stereocenters. The fraction of sp³-hybridized carbons (Fsp3) is 0.765. The summed E-state index contributed by atoms with van der Waals surface area (Å²) in [4.78, 5) is 16.0. The molecule has 0 aromatic carbocycles. The lowest BCUT2D eigenvalue weighted by atomic mass is 9.92. The van der Waals surface area contributed by atoms with Crippen LogP contribution in [0.2, 0.25) is 0 Å². The van der Waals surface area contributed by atoms with Crippen LogP contribution in [-0.2, 0) is 15.9 Å². The van der Waals surface area contributed by atoms with Gasteiger partial charge in [0.25, 0.3) is 0 Å².